The fraction of sp³-hybridized carbons (Fsp3) is 0.562. The van der Waals surface area contributed by atoms with E-state index in [4.69, 9.17) is 9.47 Å². The quantitative estimate of drug-likeness (QED) is 0.760. The number of benzene rings is 1. The molecule has 2 N–H and O–H groups in total. The lowest BCUT2D eigenvalue weighted by atomic mass is 10.00. The molecule has 2 aliphatic heterocycles. The van der Waals surface area contributed by atoms with Gasteiger partial charge in [0.25, 0.3) is 5.91 Å². The number of halogens is 1. The molecule has 146 valence electrons. The van der Waals surface area contributed by atoms with Crippen LogP contribution in [0.2, 0.25) is 0 Å². The maximum Gasteiger partial charge on any atom is 0.262 e. The summed E-state index contributed by atoms with van der Waals surface area (Å²) in [6, 6.07) is 2.93. The summed E-state index contributed by atoms with van der Waals surface area (Å²) in [5.41, 5.74) is 0.416. The molecule has 10 heteroatoms. The zero-order valence-electron chi connectivity index (χ0n) is 14.8. The highest BCUT2D eigenvalue weighted by Crippen LogP contribution is 2.39. The number of hydrogen-bond donors (Lipinski definition) is 2. The third kappa shape index (κ3) is 4.06. The first-order chi connectivity index (χ1) is 12.0. The molecule has 8 nitrogen and oxygen atoms in total. The van der Waals surface area contributed by atoms with Crippen molar-refractivity contribution in [1.29, 1.82) is 0 Å². The summed E-state index contributed by atoms with van der Waals surface area (Å²) in [4.78, 5) is 11.5. The van der Waals surface area contributed by atoms with Crippen LogP contribution in [0.25, 0.3) is 0 Å². The van der Waals surface area contributed by atoms with Crippen LogP contribution in [0.5, 0.6) is 11.5 Å². The van der Waals surface area contributed by atoms with Crippen molar-refractivity contribution >= 4 is 34.0 Å². The Kier molecular flexibility index (Phi) is 6.73. The molecule has 1 atom stereocenters. The molecule has 0 aliphatic carbocycles. The van der Waals surface area contributed by atoms with E-state index in [2.05, 4.69) is 10.6 Å². The minimum absolute atomic E-state index is 0. The van der Waals surface area contributed by atoms with Crippen LogP contribution in [0.3, 0.4) is 0 Å². The average molecular weight is 406 g/mol. The second-order valence-electron chi connectivity index (χ2n) is 6.27. The van der Waals surface area contributed by atoms with Crippen LogP contribution < -0.4 is 20.1 Å². The first-order valence-electron chi connectivity index (χ1n) is 8.25. The number of ether oxygens (including phenoxy) is 2. The summed E-state index contributed by atoms with van der Waals surface area (Å²) >= 11 is 0. The Balaban J connectivity index is 0.00000243. The van der Waals surface area contributed by atoms with Crippen LogP contribution in [-0.4, -0.2) is 59.0 Å². The van der Waals surface area contributed by atoms with Gasteiger partial charge in [0.05, 0.1) is 12.8 Å². The van der Waals surface area contributed by atoms with Gasteiger partial charge in [-0.2, -0.15) is 4.31 Å². The van der Waals surface area contributed by atoms with Crippen molar-refractivity contribution in [1.82, 2.24) is 9.62 Å². The van der Waals surface area contributed by atoms with Gasteiger partial charge >= 0.3 is 0 Å². The van der Waals surface area contributed by atoms with Gasteiger partial charge in [0.1, 0.15) is 16.4 Å². The summed E-state index contributed by atoms with van der Waals surface area (Å²) in [5.74, 6) is 0.534. The van der Waals surface area contributed by atoms with E-state index in [0.29, 0.717) is 24.5 Å². The van der Waals surface area contributed by atoms with Crippen molar-refractivity contribution in [3.05, 3.63) is 12.1 Å². The number of nitrogens with zero attached hydrogens (tertiary/aromatic N) is 1. The summed E-state index contributed by atoms with van der Waals surface area (Å²) in [5, 5.41) is 5.77. The highest BCUT2D eigenvalue weighted by molar-refractivity contribution is 7.89. The SMILES string of the molecule is CNCC1CCCN(S(=O)(=O)c2cc3c(cc2OC)NC(=O)CO3)C1.Cl. The second kappa shape index (κ2) is 8.43. The first-order valence-corrected chi connectivity index (χ1v) is 9.69. The number of amides is 1. The summed E-state index contributed by atoms with van der Waals surface area (Å²) in [6.07, 6.45) is 1.83. The first kappa shape index (κ1) is 20.8. The fourth-order valence-corrected chi connectivity index (χ4v) is 5.00. The number of carbonyl (C=O) groups is 1. The smallest absolute Gasteiger partial charge is 0.262 e. The van der Waals surface area contributed by atoms with Gasteiger partial charge < -0.3 is 20.1 Å². The monoisotopic (exact) mass is 405 g/mol. The molecule has 1 amide bonds. The van der Waals surface area contributed by atoms with Crippen LogP contribution in [0.1, 0.15) is 12.8 Å². The minimum atomic E-state index is -3.72. The van der Waals surface area contributed by atoms with Gasteiger partial charge in [0.2, 0.25) is 10.0 Å². The minimum Gasteiger partial charge on any atom is -0.495 e. The van der Waals surface area contributed by atoms with Crippen LogP contribution in [-0.2, 0) is 14.8 Å². The van der Waals surface area contributed by atoms with E-state index in [9.17, 15) is 13.2 Å². The van der Waals surface area contributed by atoms with Crippen molar-refractivity contribution in [2.24, 2.45) is 5.92 Å². The zero-order valence-corrected chi connectivity index (χ0v) is 16.4. The Morgan fingerprint density at radius 2 is 2.19 bits per heavy atom. The molecule has 1 aromatic carbocycles. The number of fused-ring (bicyclic) bond motifs is 1. The van der Waals surface area contributed by atoms with E-state index in [1.54, 1.807) is 0 Å². The average Bonchev–Trinajstić information content (AvgIpc) is 2.61. The standard InChI is InChI=1S/C16H23N3O5S.ClH/c1-17-8-11-4-3-5-19(9-11)25(21,22)15-7-13-12(6-14(15)23-2)18-16(20)10-24-13;/h6-7,11,17H,3-5,8-10H2,1-2H3,(H,18,20);1H. The fourth-order valence-electron chi connectivity index (χ4n) is 3.29. The van der Waals surface area contributed by atoms with Gasteiger partial charge in [0, 0.05) is 25.2 Å². The highest BCUT2D eigenvalue weighted by Gasteiger charge is 2.33. The Labute approximate surface area is 159 Å². The van der Waals surface area contributed by atoms with Crippen molar-refractivity contribution < 1.29 is 22.7 Å². The summed E-state index contributed by atoms with van der Waals surface area (Å²) < 4.78 is 38.4. The van der Waals surface area contributed by atoms with Gasteiger partial charge in [-0.15, -0.1) is 12.4 Å². The zero-order chi connectivity index (χ0) is 18.0. The van der Waals surface area contributed by atoms with Gasteiger partial charge in [-0.05, 0) is 32.4 Å². The molecular formula is C16H24ClN3O5S. The molecule has 0 spiro atoms. The topological polar surface area (TPSA) is 97.0 Å². The van der Waals surface area contributed by atoms with E-state index in [1.165, 1.54) is 23.5 Å². The third-order valence-electron chi connectivity index (χ3n) is 4.49. The second-order valence-corrected chi connectivity index (χ2v) is 8.17. The number of hydrogen-bond acceptors (Lipinski definition) is 6. The number of methoxy groups -OCH3 is 1. The Hall–Kier alpha value is -1.55. The molecule has 1 saturated heterocycles. The maximum absolute atomic E-state index is 13.1. The molecule has 2 aliphatic rings. The van der Waals surface area contributed by atoms with E-state index < -0.39 is 10.0 Å². The van der Waals surface area contributed by atoms with Crippen molar-refractivity contribution in [3.63, 3.8) is 0 Å². The molecule has 1 unspecified atom stereocenters. The molecule has 2 heterocycles. The van der Waals surface area contributed by atoms with Crippen LogP contribution in [0.15, 0.2) is 17.0 Å². The van der Waals surface area contributed by atoms with E-state index in [-0.39, 0.29) is 41.5 Å². The van der Waals surface area contributed by atoms with E-state index >= 15 is 0 Å². The lowest BCUT2D eigenvalue weighted by molar-refractivity contribution is -0.118. The molecule has 3 rings (SSSR count). The van der Waals surface area contributed by atoms with Gasteiger partial charge in [-0.25, -0.2) is 8.42 Å². The van der Waals surface area contributed by atoms with Crippen LogP contribution >= 0.6 is 12.4 Å². The summed E-state index contributed by atoms with van der Waals surface area (Å²) in [6.45, 7) is 1.61. The highest BCUT2D eigenvalue weighted by atomic mass is 35.5. The Bertz CT molecular complexity index is 769. The Morgan fingerprint density at radius 3 is 2.88 bits per heavy atom. The lowest BCUT2D eigenvalue weighted by Crippen LogP contribution is -2.42. The number of nitrogens with one attached hydrogen (secondary N) is 2. The van der Waals surface area contributed by atoms with Crippen LogP contribution in [0, 0.1) is 5.92 Å². The number of carbonyl (C=O) groups excluding carboxylic acids is 1. The molecule has 1 fully saturated rings. The molecule has 0 saturated carbocycles. The number of sulfonamides is 1. The number of rotatable bonds is 5. The lowest BCUT2D eigenvalue weighted by Gasteiger charge is -2.32. The molecule has 0 radical (unpaired) electrons. The normalized spacial score (nSPS) is 20.4. The van der Waals surface area contributed by atoms with Crippen molar-refractivity contribution in [2.45, 2.75) is 17.7 Å². The van der Waals surface area contributed by atoms with Gasteiger partial charge in [-0.1, -0.05) is 0 Å². The summed E-state index contributed by atoms with van der Waals surface area (Å²) in [7, 11) is -0.440. The Morgan fingerprint density at radius 1 is 1.42 bits per heavy atom. The third-order valence-corrected chi connectivity index (χ3v) is 6.38. The van der Waals surface area contributed by atoms with Crippen molar-refractivity contribution in [2.75, 3.05) is 45.7 Å². The molecule has 0 aromatic heterocycles. The molecule has 1 aromatic rings. The van der Waals surface area contributed by atoms with E-state index in [1.807, 2.05) is 7.05 Å². The maximum atomic E-state index is 13.1. The predicted octanol–water partition coefficient (Wildman–Crippen LogP) is 1.07. The van der Waals surface area contributed by atoms with Crippen LogP contribution in [0.4, 0.5) is 5.69 Å². The molecular weight excluding hydrogens is 382 g/mol. The van der Waals surface area contributed by atoms with Crippen molar-refractivity contribution in [3.8, 4) is 11.5 Å². The van der Waals surface area contributed by atoms with E-state index in [0.717, 1.165) is 19.4 Å². The largest absolute Gasteiger partial charge is 0.495 e. The van der Waals surface area contributed by atoms with Gasteiger partial charge in [-0.3, -0.25) is 4.79 Å². The molecule has 26 heavy (non-hydrogen) atoms. The van der Waals surface area contributed by atoms with Gasteiger partial charge in [0.15, 0.2) is 6.61 Å². The predicted molar refractivity (Wildman–Crippen MR) is 99.8 cm³/mol. The number of anilines is 1. The number of piperidine rings is 1. The molecule has 0 bridgehead atoms.